The number of hydrogen-bond donors (Lipinski definition) is 0. The molecule has 1 aromatic rings. The topological polar surface area (TPSA) is 26.3 Å². The molecule has 0 amide bonds. The van der Waals surface area contributed by atoms with Crippen LogP contribution in [0, 0.1) is 5.82 Å². The van der Waals surface area contributed by atoms with Crippen LogP contribution in [0.15, 0.2) is 22.7 Å². The normalized spacial score (nSPS) is 14.4. The van der Waals surface area contributed by atoms with Gasteiger partial charge in [0, 0.05) is 28.7 Å². The first-order valence-corrected chi connectivity index (χ1v) is 13.5. The summed E-state index contributed by atoms with van der Waals surface area (Å²) in [6, 6.07) is 4.99. The first-order valence-electron chi connectivity index (χ1n) is 8.95. The lowest BCUT2D eigenvalue weighted by Crippen LogP contribution is -2.42. The molecule has 26 heavy (non-hydrogen) atoms. The molecular weight excluding hydrogens is 431 g/mol. The molecule has 0 aliphatic carbocycles. The van der Waals surface area contributed by atoms with E-state index < -0.39 is 13.7 Å². The van der Waals surface area contributed by atoms with E-state index in [1.54, 1.807) is 13.0 Å². The molecule has 0 heterocycles. The van der Waals surface area contributed by atoms with Gasteiger partial charge < -0.3 is 4.43 Å². The molecule has 0 bridgehead atoms. The van der Waals surface area contributed by atoms with E-state index in [0.717, 1.165) is 4.47 Å². The van der Waals surface area contributed by atoms with Crippen molar-refractivity contribution in [1.82, 2.24) is 0 Å². The van der Waals surface area contributed by atoms with Crippen LogP contribution in [0.25, 0.3) is 0 Å². The molecule has 0 aromatic heterocycles. The first-order chi connectivity index (χ1) is 11.7. The zero-order valence-corrected chi connectivity index (χ0v) is 20.6. The van der Waals surface area contributed by atoms with Crippen molar-refractivity contribution in [2.75, 3.05) is 6.61 Å². The Morgan fingerprint density at radius 2 is 1.85 bits per heavy atom. The summed E-state index contributed by atoms with van der Waals surface area (Å²) in [5, 5.41) is 0.127. The van der Waals surface area contributed by atoms with Gasteiger partial charge in [-0.25, -0.2) is 4.39 Å². The van der Waals surface area contributed by atoms with Gasteiger partial charge in [0.15, 0.2) is 13.4 Å². The van der Waals surface area contributed by atoms with Crippen molar-refractivity contribution in [3.8, 4) is 0 Å². The van der Waals surface area contributed by atoms with Crippen LogP contribution in [-0.4, -0.2) is 25.3 Å². The number of hydrogen-bond acceptors (Lipinski definition) is 3. The number of halogens is 2. The Bertz CT molecular complexity index is 641. The summed E-state index contributed by atoms with van der Waals surface area (Å²) in [5.41, 5.74) is 0.124. The standard InChI is InChI=1S/C20H32BrFO2SSi/c1-14(23)25-18(11-12-24-26(7,8)19(2,3)4)20(5,6)16-13-15(21)9-10-17(16)22/h9-10,13,18H,11-12H2,1-8H3. The van der Waals surface area contributed by atoms with Crippen molar-refractivity contribution in [3.05, 3.63) is 34.1 Å². The zero-order valence-electron chi connectivity index (χ0n) is 17.2. The Morgan fingerprint density at radius 3 is 2.35 bits per heavy atom. The summed E-state index contributed by atoms with van der Waals surface area (Å²) >= 11 is 4.72. The molecule has 0 aliphatic heterocycles. The quantitative estimate of drug-likeness (QED) is 0.410. The minimum atomic E-state index is -1.85. The second-order valence-electron chi connectivity index (χ2n) is 8.84. The van der Waals surface area contributed by atoms with Gasteiger partial charge in [-0.15, -0.1) is 0 Å². The SMILES string of the molecule is CC(=O)SC(CCO[Si](C)(C)C(C)(C)C)C(C)(C)c1cc(Br)ccc1F. The van der Waals surface area contributed by atoms with Gasteiger partial charge >= 0.3 is 0 Å². The maximum atomic E-state index is 14.5. The van der Waals surface area contributed by atoms with Crippen molar-refractivity contribution < 1.29 is 13.6 Å². The van der Waals surface area contributed by atoms with Crippen LogP contribution in [0.3, 0.4) is 0 Å². The van der Waals surface area contributed by atoms with Crippen LogP contribution in [0.5, 0.6) is 0 Å². The molecular formula is C20H32BrFO2SSi. The molecule has 0 spiro atoms. The maximum Gasteiger partial charge on any atom is 0.191 e. The van der Waals surface area contributed by atoms with Crippen molar-refractivity contribution in [2.24, 2.45) is 0 Å². The van der Waals surface area contributed by atoms with Gasteiger partial charge in [-0.3, -0.25) is 4.79 Å². The highest BCUT2D eigenvalue weighted by Crippen LogP contribution is 2.41. The van der Waals surface area contributed by atoms with Gasteiger partial charge in [-0.05, 0) is 48.3 Å². The molecule has 1 aromatic carbocycles. The minimum Gasteiger partial charge on any atom is -0.417 e. The average Bonchev–Trinajstić information content (AvgIpc) is 2.46. The Labute approximate surface area is 171 Å². The summed E-state index contributed by atoms with van der Waals surface area (Å²) < 4.78 is 21.6. The third-order valence-electron chi connectivity index (χ3n) is 5.38. The summed E-state index contributed by atoms with van der Waals surface area (Å²) in [6.07, 6.45) is 0.704. The number of carbonyl (C=O) groups is 1. The summed E-state index contributed by atoms with van der Waals surface area (Å²) in [7, 11) is -1.85. The van der Waals surface area contributed by atoms with Crippen molar-refractivity contribution in [1.29, 1.82) is 0 Å². The molecule has 6 heteroatoms. The molecule has 1 unspecified atom stereocenters. The Balaban J connectivity index is 3.02. The average molecular weight is 464 g/mol. The van der Waals surface area contributed by atoms with Gasteiger partial charge in [0.05, 0.1) is 0 Å². The van der Waals surface area contributed by atoms with Crippen LogP contribution in [-0.2, 0) is 14.6 Å². The van der Waals surface area contributed by atoms with Crippen molar-refractivity contribution in [2.45, 2.75) is 76.8 Å². The van der Waals surface area contributed by atoms with Crippen LogP contribution >= 0.6 is 27.7 Å². The fraction of sp³-hybridized carbons (Fsp3) is 0.650. The predicted molar refractivity (Wildman–Crippen MR) is 117 cm³/mol. The third-order valence-corrected chi connectivity index (χ3v) is 11.9. The highest BCUT2D eigenvalue weighted by Gasteiger charge is 2.39. The Kier molecular flexibility index (Phi) is 8.16. The zero-order chi connectivity index (χ0) is 20.3. The second kappa shape index (κ2) is 8.89. The maximum absolute atomic E-state index is 14.5. The number of benzene rings is 1. The van der Waals surface area contributed by atoms with Gasteiger partial charge in [0.2, 0.25) is 0 Å². The Hall–Kier alpha value is -0.173. The largest absolute Gasteiger partial charge is 0.417 e. The Morgan fingerprint density at radius 1 is 1.27 bits per heavy atom. The van der Waals surface area contributed by atoms with E-state index in [2.05, 4.69) is 49.8 Å². The van der Waals surface area contributed by atoms with Gasteiger partial charge in [0.1, 0.15) is 5.82 Å². The van der Waals surface area contributed by atoms with Crippen molar-refractivity contribution >= 4 is 41.1 Å². The number of carbonyl (C=O) groups excluding carboxylic acids is 1. The molecule has 2 nitrogen and oxygen atoms in total. The molecule has 0 aliphatic rings. The van der Waals surface area contributed by atoms with Crippen LogP contribution in [0.1, 0.15) is 53.5 Å². The highest BCUT2D eigenvalue weighted by atomic mass is 79.9. The van der Waals surface area contributed by atoms with Crippen LogP contribution in [0.4, 0.5) is 4.39 Å². The molecule has 0 fully saturated rings. The van der Waals surface area contributed by atoms with Crippen LogP contribution in [0.2, 0.25) is 18.1 Å². The van der Waals surface area contributed by atoms with E-state index in [1.165, 1.54) is 17.8 Å². The predicted octanol–water partition coefficient (Wildman–Crippen LogP) is 6.93. The third kappa shape index (κ3) is 6.18. The van der Waals surface area contributed by atoms with E-state index >= 15 is 0 Å². The van der Waals surface area contributed by atoms with Crippen LogP contribution < -0.4 is 0 Å². The van der Waals surface area contributed by atoms with Crippen molar-refractivity contribution in [3.63, 3.8) is 0 Å². The fourth-order valence-corrected chi connectivity index (χ4v) is 5.03. The molecule has 1 atom stereocenters. The lowest BCUT2D eigenvalue weighted by molar-refractivity contribution is -0.109. The summed E-state index contributed by atoms with van der Waals surface area (Å²) in [6.45, 7) is 17.2. The summed E-state index contributed by atoms with van der Waals surface area (Å²) in [5.74, 6) is -0.238. The van der Waals surface area contributed by atoms with E-state index in [4.69, 9.17) is 4.43 Å². The minimum absolute atomic E-state index is 0.0470. The van der Waals surface area contributed by atoms with Gasteiger partial charge in [-0.1, -0.05) is 62.3 Å². The first kappa shape index (κ1) is 23.9. The van der Waals surface area contributed by atoms with E-state index in [0.29, 0.717) is 18.6 Å². The van der Waals surface area contributed by atoms with E-state index in [9.17, 15) is 9.18 Å². The molecule has 0 saturated carbocycles. The molecule has 0 N–H and O–H groups in total. The highest BCUT2D eigenvalue weighted by molar-refractivity contribution is 9.10. The molecule has 1 rings (SSSR count). The lowest BCUT2D eigenvalue weighted by Gasteiger charge is -2.38. The number of thioether (sulfide) groups is 1. The monoisotopic (exact) mass is 462 g/mol. The fourth-order valence-electron chi connectivity index (χ4n) is 2.57. The van der Waals surface area contributed by atoms with Gasteiger partial charge in [0.25, 0.3) is 0 Å². The molecule has 0 saturated heterocycles. The second-order valence-corrected chi connectivity index (χ2v) is 15.9. The smallest absolute Gasteiger partial charge is 0.191 e. The molecule has 0 radical (unpaired) electrons. The van der Waals surface area contributed by atoms with E-state index in [1.807, 2.05) is 19.9 Å². The summed E-state index contributed by atoms with van der Waals surface area (Å²) in [4.78, 5) is 11.8. The van der Waals surface area contributed by atoms with Gasteiger partial charge in [-0.2, -0.15) is 0 Å². The van der Waals surface area contributed by atoms with E-state index in [-0.39, 0.29) is 21.2 Å². The molecule has 148 valence electrons. The lowest BCUT2D eigenvalue weighted by atomic mass is 9.80. The number of rotatable bonds is 7.